The average Bonchev–Trinajstić information content (AvgIpc) is 2.19. The fraction of sp³-hybridized carbons (Fsp3) is 0.200. The summed E-state index contributed by atoms with van der Waals surface area (Å²) >= 11 is 3.32. The Labute approximate surface area is 91.1 Å². The number of anilines is 1. The molecule has 14 heavy (non-hydrogen) atoms. The minimum Gasteiger partial charge on any atom is -0.383 e. The highest BCUT2D eigenvalue weighted by Crippen LogP contribution is 2.20. The standard InChI is InChI=1S/C10H8BrN3/c11-9-3-2-8(7-13)10(6-9)14-5-1-4-12/h2-3,6,14H,1,5H2. The van der Waals surface area contributed by atoms with Crippen molar-refractivity contribution in [3.05, 3.63) is 28.2 Å². The van der Waals surface area contributed by atoms with Crippen LogP contribution in [-0.2, 0) is 0 Å². The third kappa shape index (κ3) is 2.76. The van der Waals surface area contributed by atoms with E-state index in [1.807, 2.05) is 18.2 Å². The smallest absolute Gasteiger partial charge is 0.101 e. The van der Waals surface area contributed by atoms with Crippen molar-refractivity contribution >= 4 is 21.6 Å². The van der Waals surface area contributed by atoms with E-state index in [9.17, 15) is 0 Å². The molecule has 0 radical (unpaired) electrons. The fourth-order valence-electron chi connectivity index (χ4n) is 1.01. The molecule has 0 aromatic heterocycles. The summed E-state index contributed by atoms with van der Waals surface area (Å²) < 4.78 is 0.913. The first-order valence-corrected chi connectivity index (χ1v) is 4.87. The Balaban J connectivity index is 2.80. The van der Waals surface area contributed by atoms with Gasteiger partial charge in [-0.25, -0.2) is 0 Å². The van der Waals surface area contributed by atoms with Crippen molar-refractivity contribution in [1.29, 1.82) is 10.5 Å². The van der Waals surface area contributed by atoms with E-state index in [2.05, 4.69) is 27.3 Å². The molecule has 0 atom stereocenters. The molecule has 0 amide bonds. The van der Waals surface area contributed by atoms with Crippen LogP contribution in [0.15, 0.2) is 22.7 Å². The molecule has 0 bridgehead atoms. The Kier molecular flexibility index (Phi) is 3.97. The zero-order valence-corrected chi connectivity index (χ0v) is 9.00. The van der Waals surface area contributed by atoms with Gasteiger partial charge in [0.1, 0.15) is 6.07 Å². The van der Waals surface area contributed by atoms with Crippen molar-refractivity contribution in [1.82, 2.24) is 0 Å². The van der Waals surface area contributed by atoms with Gasteiger partial charge in [0.05, 0.1) is 23.7 Å². The molecule has 1 aromatic rings. The monoisotopic (exact) mass is 249 g/mol. The molecular weight excluding hydrogens is 242 g/mol. The van der Waals surface area contributed by atoms with Crippen molar-refractivity contribution in [3.63, 3.8) is 0 Å². The Hall–Kier alpha value is -1.52. The van der Waals surface area contributed by atoms with Crippen molar-refractivity contribution in [2.24, 2.45) is 0 Å². The molecule has 0 saturated carbocycles. The normalized spacial score (nSPS) is 8.79. The number of nitrogens with zero attached hydrogens (tertiary/aromatic N) is 2. The van der Waals surface area contributed by atoms with E-state index >= 15 is 0 Å². The molecule has 0 spiro atoms. The lowest BCUT2D eigenvalue weighted by Gasteiger charge is -2.06. The molecule has 0 heterocycles. The predicted octanol–water partition coefficient (Wildman–Crippen LogP) is 2.65. The van der Waals surface area contributed by atoms with Gasteiger partial charge >= 0.3 is 0 Å². The molecule has 0 saturated heterocycles. The highest BCUT2D eigenvalue weighted by Gasteiger charge is 2.01. The molecule has 0 fully saturated rings. The summed E-state index contributed by atoms with van der Waals surface area (Å²) in [6, 6.07) is 9.49. The van der Waals surface area contributed by atoms with Crippen LogP contribution in [-0.4, -0.2) is 6.54 Å². The van der Waals surface area contributed by atoms with E-state index in [0.29, 0.717) is 18.5 Å². The second kappa shape index (κ2) is 5.26. The minimum absolute atomic E-state index is 0.428. The van der Waals surface area contributed by atoms with E-state index in [1.54, 1.807) is 6.07 Å². The quantitative estimate of drug-likeness (QED) is 0.839. The van der Waals surface area contributed by atoms with Crippen molar-refractivity contribution in [2.45, 2.75) is 6.42 Å². The highest BCUT2D eigenvalue weighted by atomic mass is 79.9. The van der Waals surface area contributed by atoms with E-state index < -0.39 is 0 Å². The molecule has 0 aliphatic heterocycles. The predicted molar refractivity (Wildman–Crippen MR) is 57.6 cm³/mol. The Morgan fingerprint density at radius 3 is 2.79 bits per heavy atom. The van der Waals surface area contributed by atoms with E-state index in [0.717, 1.165) is 10.2 Å². The first-order chi connectivity index (χ1) is 6.77. The van der Waals surface area contributed by atoms with Crippen LogP contribution in [0.25, 0.3) is 0 Å². The van der Waals surface area contributed by atoms with Gasteiger partial charge in [0, 0.05) is 11.0 Å². The lowest BCUT2D eigenvalue weighted by Crippen LogP contribution is -2.02. The zero-order valence-electron chi connectivity index (χ0n) is 7.42. The largest absolute Gasteiger partial charge is 0.383 e. The maximum atomic E-state index is 8.80. The van der Waals surface area contributed by atoms with Gasteiger partial charge in [0.15, 0.2) is 0 Å². The molecule has 1 N–H and O–H groups in total. The third-order valence-corrected chi connectivity index (χ3v) is 2.15. The van der Waals surface area contributed by atoms with Crippen molar-refractivity contribution in [2.75, 3.05) is 11.9 Å². The summed E-state index contributed by atoms with van der Waals surface area (Å²) in [5.74, 6) is 0. The maximum absolute atomic E-state index is 8.80. The molecule has 4 heteroatoms. The van der Waals surface area contributed by atoms with E-state index in [1.165, 1.54) is 0 Å². The van der Waals surface area contributed by atoms with Gasteiger partial charge in [-0.3, -0.25) is 0 Å². The molecule has 3 nitrogen and oxygen atoms in total. The van der Waals surface area contributed by atoms with Crippen LogP contribution in [0.3, 0.4) is 0 Å². The van der Waals surface area contributed by atoms with Gasteiger partial charge in [-0.2, -0.15) is 10.5 Å². The zero-order chi connectivity index (χ0) is 10.4. The number of rotatable bonds is 3. The molecule has 1 rings (SSSR count). The SMILES string of the molecule is N#CCCNc1cc(Br)ccc1C#N. The number of hydrogen-bond acceptors (Lipinski definition) is 3. The second-order valence-corrected chi connectivity index (χ2v) is 3.55. The van der Waals surface area contributed by atoms with Crippen LogP contribution in [0, 0.1) is 22.7 Å². The lowest BCUT2D eigenvalue weighted by molar-refractivity contribution is 1.07. The van der Waals surface area contributed by atoms with Crippen LogP contribution in [0.1, 0.15) is 12.0 Å². The van der Waals surface area contributed by atoms with Crippen LogP contribution in [0.2, 0.25) is 0 Å². The maximum Gasteiger partial charge on any atom is 0.101 e. The summed E-state index contributed by atoms with van der Waals surface area (Å²) in [5.41, 5.74) is 1.35. The highest BCUT2D eigenvalue weighted by molar-refractivity contribution is 9.10. The van der Waals surface area contributed by atoms with Gasteiger partial charge in [0.2, 0.25) is 0 Å². The molecule has 70 valence electrons. The van der Waals surface area contributed by atoms with Crippen molar-refractivity contribution in [3.8, 4) is 12.1 Å². The van der Waals surface area contributed by atoms with Crippen LogP contribution >= 0.6 is 15.9 Å². The first-order valence-electron chi connectivity index (χ1n) is 4.08. The first kappa shape index (κ1) is 10.6. The summed E-state index contributed by atoms with van der Waals surface area (Å²) in [5, 5.41) is 20.2. The van der Waals surface area contributed by atoms with Gasteiger partial charge in [-0.15, -0.1) is 0 Å². The lowest BCUT2D eigenvalue weighted by atomic mass is 10.2. The fourth-order valence-corrected chi connectivity index (χ4v) is 1.37. The van der Waals surface area contributed by atoms with E-state index in [4.69, 9.17) is 10.5 Å². The molecule has 1 aromatic carbocycles. The summed E-state index contributed by atoms with van der Waals surface area (Å²) in [7, 11) is 0. The van der Waals surface area contributed by atoms with Gasteiger partial charge in [0.25, 0.3) is 0 Å². The Morgan fingerprint density at radius 1 is 1.36 bits per heavy atom. The summed E-state index contributed by atoms with van der Waals surface area (Å²) in [6.07, 6.45) is 0.428. The Morgan fingerprint density at radius 2 is 2.14 bits per heavy atom. The van der Waals surface area contributed by atoms with Crippen LogP contribution < -0.4 is 5.32 Å². The van der Waals surface area contributed by atoms with Gasteiger partial charge in [-0.1, -0.05) is 15.9 Å². The summed E-state index contributed by atoms with van der Waals surface area (Å²) in [4.78, 5) is 0. The third-order valence-electron chi connectivity index (χ3n) is 1.65. The number of halogens is 1. The molecule has 0 aliphatic carbocycles. The second-order valence-electron chi connectivity index (χ2n) is 2.64. The number of nitrogens with one attached hydrogen (secondary N) is 1. The number of nitriles is 2. The van der Waals surface area contributed by atoms with Crippen LogP contribution in [0.5, 0.6) is 0 Å². The number of benzene rings is 1. The Bertz CT molecular complexity index is 401. The number of hydrogen-bond donors (Lipinski definition) is 1. The topological polar surface area (TPSA) is 59.6 Å². The summed E-state index contributed by atoms with van der Waals surface area (Å²) in [6.45, 7) is 0.557. The van der Waals surface area contributed by atoms with Crippen LogP contribution in [0.4, 0.5) is 5.69 Å². The van der Waals surface area contributed by atoms with Crippen molar-refractivity contribution < 1.29 is 0 Å². The molecule has 0 aliphatic rings. The minimum atomic E-state index is 0.428. The molecule has 0 unspecified atom stereocenters. The molecular formula is C10H8BrN3. The van der Waals surface area contributed by atoms with E-state index in [-0.39, 0.29) is 0 Å². The van der Waals surface area contributed by atoms with Gasteiger partial charge in [-0.05, 0) is 18.2 Å². The van der Waals surface area contributed by atoms with Gasteiger partial charge < -0.3 is 5.32 Å². The average molecular weight is 250 g/mol.